The van der Waals surface area contributed by atoms with Gasteiger partial charge in [-0.25, -0.2) is 8.78 Å². The second-order valence-electron chi connectivity index (χ2n) is 7.61. The summed E-state index contributed by atoms with van der Waals surface area (Å²) < 4.78 is 27.0. The van der Waals surface area contributed by atoms with E-state index < -0.39 is 17.5 Å². The van der Waals surface area contributed by atoms with Crippen LogP contribution in [0.1, 0.15) is 21.7 Å². The van der Waals surface area contributed by atoms with Gasteiger partial charge in [0.2, 0.25) is 0 Å². The largest absolute Gasteiger partial charge is 0.322 e. The molecule has 2 N–H and O–H groups in total. The first-order valence-electron chi connectivity index (χ1n) is 10.7. The third kappa shape index (κ3) is 5.28. The number of carbonyl (C=O) groups excluding carboxylic acids is 1. The highest BCUT2D eigenvalue weighted by molar-refractivity contribution is 7.99. The first-order chi connectivity index (χ1) is 17.0. The van der Waals surface area contributed by atoms with Crippen molar-refractivity contribution in [1.82, 2.24) is 15.2 Å². The zero-order valence-corrected chi connectivity index (χ0v) is 19.0. The maximum absolute atomic E-state index is 13.5. The SMILES string of the molecule is O=C(Nc1cc(F)cc(F)c1)c1ccccc1Sc1ccc2c(/C=C/c3ccccn3)n[nH]c2c1. The van der Waals surface area contributed by atoms with Crippen LogP contribution in [0.25, 0.3) is 23.1 Å². The molecule has 5 rings (SSSR count). The highest BCUT2D eigenvalue weighted by Crippen LogP contribution is 2.33. The lowest BCUT2D eigenvalue weighted by Crippen LogP contribution is -2.13. The van der Waals surface area contributed by atoms with Gasteiger partial charge in [0.15, 0.2) is 0 Å². The molecule has 35 heavy (non-hydrogen) atoms. The molecule has 172 valence electrons. The first kappa shape index (κ1) is 22.5. The summed E-state index contributed by atoms with van der Waals surface area (Å²) in [5.74, 6) is -1.97. The normalized spacial score (nSPS) is 11.3. The number of hydrogen-bond acceptors (Lipinski definition) is 4. The standard InChI is InChI=1S/C27H18F2N4OS/c28-17-13-18(29)15-20(14-17)31-27(34)23-6-1-2-7-26(23)35-21-9-10-22-24(32-33-25(22)16-21)11-8-19-5-3-4-12-30-19/h1-16H,(H,31,34)(H,32,33)/b11-8+. The number of nitrogens with zero attached hydrogens (tertiary/aromatic N) is 2. The molecule has 0 aliphatic rings. The van der Waals surface area contributed by atoms with Crippen LogP contribution in [0.4, 0.5) is 14.5 Å². The van der Waals surface area contributed by atoms with Gasteiger partial charge in [0.1, 0.15) is 11.6 Å². The topological polar surface area (TPSA) is 70.7 Å². The van der Waals surface area contributed by atoms with Gasteiger partial charge in [0, 0.05) is 33.1 Å². The van der Waals surface area contributed by atoms with Crippen molar-refractivity contribution in [2.45, 2.75) is 9.79 Å². The second-order valence-corrected chi connectivity index (χ2v) is 8.73. The van der Waals surface area contributed by atoms with Gasteiger partial charge in [-0.2, -0.15) is 5.10 Å². The van der Waals surface area contributed by atoms with Crippen LogP contribution < -0.4 is 5.32 Å². The van der Waals surface area contributed by atoms with Gasteiger partial charge < -0.3 is 5.32 Å². The van der Waals surface area contributed by atoms with Gasteiger partial charge in [-0.15, -0.1) is 0 Å². The Morgan fingerprint density at radius 1 is 0.914 bits per heavy atom. The summed E-state index contributed by atoms with van der Waals surface area (Å²) in [5, 5.41) is 11.0. The Bertz CT molecular complexity index is 1530. The molecule has 0 fully saturated rings. The number of nitrogens with one attached hydrogen (secondary N) is 2. The molecule has 0 bridgehead atoms. The molecule has 8 heteroatoms. The van der Waals surface area contributed by atoms with Gasteiger partial charge in [0.05, 0.1) is 22.5 Å². The van der Waals surface area contributed by atoms with Crippen molar-refractivity contribution < 1.29 is 13.6 Å². The molecular weight excluding hydrogens is 466 g/mol. The Morgan fingerprint density at radius 2 is 1.71 bits per heavy atom. The summed E-state index contributed by atoms with van der Waals surface area (Å²) in [6, 6.07) is 21.5. The van der Waals surface area contributed by atoms with E-state index in [-0.39, 0.29) is 5.69 Å². The van der Waals surface area contributed by atoms with Crippen molar-refractivity contribution >= 4 is 46.4 Å². The Kier molecular flexibility index (Phi) is 6.36. The van der Waals surface area contributed by atoms with E-state index in [4.69, 9.17) is 0 Å². The lowest BCUT2D eigenvalue weighted by atomic mass is 10.2. The average molecular weight is 485 g/mol. The molecule has 2 heterocycles. The second kappa shape index (κ2) is 9.90. The fraction of sp³-hybridized carbons (Fsp3) is 0. The minimum atomic E-state index is -0.759. The Balaban J connectivity index is 1.36. The van der Waals surface area contributed by atoms with Crippen LogP contribution in [0.15, 0.2) is 94.9 Å². The van der Waals surface area contributed by atoms with E-state index in [9.17, 15) is 13.6 Å². The molecule has 0 saturated carbocycles. The van der Waals surface area contributed by atoms with Crippen LogP contribution in [0, 0.1) is 11.6 Å². The maximum atomic E-state index is 13.5. The van der Waals surface area contributed by atoms with E-state index in [1.165, 1.54) is 11.8 Å². The van der Waals surface area contributed by atoms with Crippen molar-refractivity contribution in [2.24, 2.45) is 0 Å². The smallest absolute Gasteiger partial charge is 0.256 e. The molecule has 1 amide bonds. The van der Waals surface area contributed by atoms with Crippen LogP contribution in [-0.4, -0.2) is 21.1 Å². The average Bonchev–Trinajstić information content (AvgIpc) is 3.25. The van der Waals surface area contributed by atoms with E-state index >= 15 is 0 Å². The van der Waals surface area contributed by atoms with Crippen LogP contribution in [0.5, 0.6) is 0 Å². The third-order valence-corrected chi connectivity index (χ3v) is 6.21. The van der Waals surface area contributed by atoms with E-state index in [1.807, 2.05) is 60.7 Å². The zero-order valence-electron chi connectivity index (χ0n) is 18.2. The maximum Gasteiger partial charge on any atom is 0.256 e. The number of aromatic amines is 1. The molecule has 0 aliphatic heterocycles. The molecule has 0 aliphatic carbocycles. The lowest BCUT2D eigenvalue weighted by Gasteiger charge is -2.10. The number of amides is 1. The van der Waals surface area contributed by atoms with E-state index in [0.29, 0.717) is 10.5 Å². The number of rotatable bonds is 6. The number of carbonyl (C=O) groups is 1. The molecule has 0 saturated heterocycles. The zero-order chi connectivity index (χ0) is 24.2. The fourth-order valence-electron chi connectivity index (χ4n) is 3.54. The van der Waals surface area contributed by atoms with E-state index in [2.05, 4.69) is 20.5 Å². The number of fused-ring (bicyclic) bond motifs is 1. The molecule has 0 atom stereocenters. The van der Waals surface area contributed by atoms with Gasteiger partial charge >= 0.3 is 0 Å². The van der Waals surface area contributed by atoms with Crippen LogP contribution >= 0.6 is 11.8 Å². The third-order valence-electron chi connectivity index (χ3n) is 5.14. The quantitative estimate of drug-likeness (QED) is 0.278. The predicted molar refractivity (Wildman–Crippen MR) is 134 cm³/mol. The molecule has 2 aromatic heterocycles. The molecular formula is C27H18F2N4OS. The summed E-state index contributed by atoms with van der Waals surface area (Å²) in [5.41, 5.74) is 2.94. The molecule has 0 unspecified atom stereocenters. The molecule has 0 spiro atoms. The number of anilines is 1. The van der Waals surface area contributed by atoms with Gasteiger partial charge in [-0.1, -0.05) is 30.0 Å². The fourth-order valence-corrected chi connectivity index (χ4v) is 4.53. The van der Waals surface area contributed by atoms with Crippen LogP contribution in [-0.2, 0) is 0 Å². The number of hydrogen-bond donors (Lipinski definition) is 2. The number of aromatic nitrogens is 3. The predicted octanol–water partition coefficient (Wildman–Crippen LogP) is 6.81. The Morgan fingerprint density at radius 3 is 2.51 bits per heavy atom. The summed E-state index contributed by atoms with van der Waals surface area (Å²) >= 11 is 1.41. The van der Waals surface area contributed by atoms with Crippen molar-refractivity contribution in [3.63, 3.8) is 0 Å². The number of H-pyrrole nitrogens is 1. The van der Waals surface area contributed by atoms with Crippen molar-refractivity contribution in [1.29, 1.82) is 0 Å². The monoisotopic (exact) mass is 484 g/mol. The number of benzene rings is 3. The highest BCUT2D eigenvalue weighted by atomic mass is 32.2. The molecule has 5 aromatic rings. The minimum Gasteiger partial charge on any atom is -0.322 e. The van der Waals surface area contributed by atoms with Crippen molar-refractivity contribution in [3.8, 4) is 0 Å². The molecule has 0 radical (unpaired) electrons. The van der Waals surface area contributed by atoms with Crippen molar-refractivity contribution in [3.05, 3.63) is 114 Å². The Hall–Kier alpha value is -4.30. The van der Waals surface area contributed by atoms with Crippen molar-refractivity contribution in [2.75, 3.05) is 5.32 Å². The summed E-state index contributed by atoms with van der Waals surface area (Å²) in [7, 11) is 0. The highest BCUT2D eigenvalue weighted by Gasteiger charge is 2.14. The number of halogens is 2. The summed E-state index contributed by atoms with van der Waals surface area (Å²) in [6.45, 7) is 0. The summed E-state index contributed by atoms with van der Waals surface area (Å²) in [6.07, 6.45) is 5.54. The van der Waals surface area contributed by atoms with Crippen LogP contribution in [0.2, 0.25) is 0 Å². The van der Waals surface area contributed by atoms with Gasteiger partial charge in [-0.05, 0) is 66.7 Å². The lowest BCUT2D eigenvalue weighted by molar-refractivity contribution is 0.102. The van der Waals surface area contributed by atoms with Gasteiger partial charge in [0.25, 0.3) is 5.91 Å². The minimum absolute atomic E-state index is 0.0532. The molecule has 3 aromatic carbocycles. The van der Waals surface area contributed by atoms with Gasteiger partial charge in [-0.3, -0.25) is 14.9 Å². The van der Waals surface area contributed by atoms with Crippen LogP contribution in [0.3, 0.4) is 0 Å². The van der Waals surface area contributed by atoms with E-state index in [0.717, 1.165) is 45.4 Å². The summed E-state index contributed by atoms with van der Waals surface area (Å²) in [4.78, 5) is 18.7. The number of pyridine rings is 1. The Labute approximate surface area is 203 Å². The van der Waals surface area contributed by atoms with E-state index in [1.54, 1.807) is 18.3 Å². The molecule has 5 nitrogen and oxygen atoms in total. The first-order valence-corrected chi connectivity index (χ1v) is 11.5.